The number of amides is 1. The Morgan fingerprint density at radius 1 is 1.40 bits per heavy atom. The van der Waals surface area contributed by atoms with Crippen LogP contribution in [-0.2, 0) is 14.8 Å². The predicted octanol–water partition coefficient (Wildman–Crippen LogP) is 1.68. The Morgan fingerprint density at radius 2 is 2.10 bits per heavy atom. The molecule has 0 aliphatic carbocycles. The van der Waals surface area contributed by atoms with Crippen LogP contribution in [0.25, 0.3) is 0 Å². The lowest BCUT2D eigenvalue weighted by atomic mass is 10.0. The number of sulfonamides is 1. The second-order valence-electron chi connectivity index (χ2n) is 4.89. The monoisotopic (exact) mass is 316 g/mol. The van der Waals surface area contributed by atoms with Gasteiger partial charge in [-0.1, -0.05) is 24.1 Å². The minimum absolute atomic E-state index is 0.137. The number of carbonyl (C=O) groups is 1. The van der Waals surface area contributed by atoms with Crippen molar-refractivity contribution in [3.8, 4) is 0 Å². The Balaban J connectivity index is 2.48. The van der Waals surface area contributed by atoms with Gasteiger partial charge >= 0.3 is 0 Å². The standard InChI is InChI=1S/C13H17ClN2O3S/c1-9-10(14)5-4-7-12(9)20(18,19)16-8-3-2-6-11(16)13(15)17/h4-5,7,11H,2-3,6,8H2,1H3,(H2,15,17)/t11-/m0/s1. The molecule has 1 aliphatic heterocycles. The van der Waals surface area contributed by atoms with Crippen molar-refractivity contribution in [2.24, 2.45) is 5.73 Å². The Bertz CT molecular complexity index is 631. The van der Waals surface area contributed by atoms with E-state index in [2.05, 4.69) is 0 Å². The van der Waals surface area contributed by atoms with E-state index in [4.69, 9.17) is 17.3 Å². The summed E-state index contributed by atoms with van der Waals surface area (Å²) in [5.74, 6) is -0.604. The predicted molar refractivity (Wildman–Crippen MR) is 76.9 cm³/mol. The molecular weight excluding hydrogens is 300 g/mol. The molecule has 5 nitrogen and oxygen atoms in total. The lowest BCUT2D eigenvalue weighted by molar-refractivity contribution is -0.122. The Kier molecular flexibility index (Phi) is 4.36. The van der Waals surface area contributed by atoms with Crippen molar-refractivity contribution in [3.63, 3.8) is 0 Å². The SMILES string of the molecule is Cc1c(Cl)cccc1S(=O)(=O)N1CCCC[C@H]1C(N)=O. The van der Waals surface area contributed by atoms with E-state index >= 15 is 0 Å². The zero-order valence-electron chi connectivity index (χ0n) is 11.2. The molecule has 1 aliphatic rings. The molecule has 7 heteroatoms. The molecule has 1 aromatic carbocycles. The number of halogens is 1. The third-order valence-corrected chi connectivity index (χ3v) is 6.05. The van der Waals surface area contributed by atoms with E-state index in [0.717, 1.165) is 12.8 Å². The minimum Gasteiger partial charge on any atom is -0.368 e. The van der Waals surface area contributed by atoms with E-state index < -0.39 is 22.0 Å². The largest absolute Gasteiger partial charge is 0.368 e. The van der Waals surface area contributed by atoms with Gasteiger partial charge in [0.05, 0.1) is 4.90 Å². The number of benzene rings is 1. The fourth-order valence-corrected chi connectivity index (χ4v) is 4.61. The first kappa shape index (κ1) is 15.3. The average molecular weight is 317 g/mol. The van der Waals surface area contributed by atoms with Crippen LogP contribution in [0.2, 0.25) is 5.02 Å². The maximum Gasteiger partial charge on any atom is 0.244 e. The molecule has 0 spiro atoms. The van der Waals surface area contributed by atoms with Crippen LogP contribution in [0.15, 0.2) is 23.1 Å². The number of nitrogens with zero attached hydrogens (tertiary/aromatic N) is 1. The molecule has 0 bridgehead atoms. The van der Waals surface area contributed by atoms with Crippen LogP contribution in [0, 0.1) is 6.92 Å². The highest BCUT2D eigenvalue weighted by molar-refractivity contribution is 7.89. The van der Waals surface area contributed by atoms with E-state index in [1.165, 1.54) is 10.4 Å². The second kappa shape index (κ2) is 5.71. The maximum absolute atomic E-state index is 12.7. The second-order valence-corrected chi connectivity index (χ2v) is 7.16. The zero-order chi connectivity index (χ0) is 14.9. The van der Waals surface area contributed by atoms with Gasteiger partial charge in [0.1, 0.15) is 6.04 Å². The lowest BCUT2D eigenvalue weighted by Crippen LogP contribution is -2.50. The van der Waals surface area contributed by atoms with Gasteiger partial charge < -0.3 is 5.73 Å². The van der Waals surface area contributed by atoms with Crippen LogP contribution < -0.4 is 5.73 Å². The fraction of sp³-hybridized carbons (Fsp3) is 0.462. The highest BCUT2D eigenvalue weighted by atomic mass is 35.5. The Hall–Kier alpha value is -1.11. The number of nitrogens with two attached hydrogens (primary N) is 1. The van der Waals surface area contributed by atoms with Gasteiger partial charge in [-0.05, 0) is 37.5 Å². The summed E-state index contributed by atoms with van der Waals surface area (Å²) in [5, 5.41) is 0.388. The van der Waals surface area contributed by atoms with Crippen molar-refractivity contribution in [1.29, 1.82) is 0 Å². The number of rotatable bonds is 3. The van der Waals surface area contributed by atoms with Crippen molar-refractivity contribution in [2.45, 2.75) is 37.1 Å². The number of hydrogen-bond donors (Lipinski definition) is 1. The first-order chi connectivity index (χ1) is 9.35. The molecule has 2 N–H and O–H groups in total. The first-order valence-electron chi connectivity index (χ1n) is 6.42. The third-order valence-electron chi connectivity index (χ3n) is 3.59. The van der Waals surface area contributed by atoms with Crippen molar-refractivity contribution in [3.05, 3.63) is 28.8 Å². The number of piperidine rings is 1. The molecule has 1 saturated heterocycles. The third kappa shape index (κ3) is 2.68. The molecule has 1 aromatic rings. The van der Waals surface area contributed by atoms with Crippen molar-refractivity contribution < 1.29 is 13.2 Å². The van der Waals surface area contributed by atoms with Gasteiger partial charge in [-0.25, -0.2) is 8.42 Å². The molecule has 0 unspecified atom stereocenters. The summed E-state index contributed by atoms with van der Waals surface area (Å²) in [6.07, 6.45) is 1.99. The van der Waals surface area contributed by atoms with Gasteiger partial charge in [0.15, 0.2) is 0 Å². The topological polar surface area (TPSA) is 80.5 Å². The van der Waals surface area contributed by atoms with Crippen molar-refractivity contribution in [2.75, 3.05) is 6.54 Å². The van der Waals surface area contributed by atoms with Gasteiger partial charge in [-0.15, -0.1) is 0 Å². The normalized spacial score (nSPS) is 20.8. The molecule has 0 radical (unpaired) electrons. The molecule has 110 valence electrons. The first-order valence-corrected chi connectivity index (χ1v) is 8.24. The number of primary amides is 1. The van der Waals surface area contributed by atoms with E-state index in [9.17, 15) is 13.2 Å². The molecule has 1 atom stereocenters. The molecule has 1 heterocycles. The summed E-state index contributed by atoms with van der Waals surface area (Å²) >= 11 is 5.98. The van der Waals surface area contributed by atoms with Gasteiger partial charge in [-0.3, -0.25) is 4.79 Å². The van der Waals surface area contributed by atoms with Crippen LogP contribution in [-0.4, -0.2) is 31.2 Å². The molecule has 1 amide bonds. The lowest BCUT2D eigenvalue weighted by Gasteiger charge is -2.33. The summed E-state index contributed by atoms with van der Waals surface area (Å²) in [7, 11) is -3.76. The summed E-state index contributed by atoms with van der Waals surface area (Å²) in [6.45, 7) is 1.96. The van der Waals surface area contributed by atoms with Crippen LogP contribution in [0.1, 0.15) is 24.8 Å². The van der Waals surface area contributed by atoms with Gasteiger partial charge in [0, 0.05) is 11.6 Å². The summed E-state index contributed by atoms with van der Waals surface area (Å²) < 4.78 is 26.7. The molecule has 1 fully saturated rings. The van der Waals surface area contributed by atoms with Crippen molar-refractivity contribution >= 4 is 27.5 Å². The molecule has 20 heavy (non-hydrogen) atoms. The summed E-state index contributed by atoms with van der Waals surface area (Å²) in [4.78, 5) is 11.6. The maximum atomic E-state index is 12.7. The highest BCUT2D eigenvalue weighted by Crippen LogP contribution is 2.29. The van der Waals surface area contributed by atoms with Crippen LogP contribution in [0.5, 0.6) is 0 Å². The highest BCUT2D eigenvalue weighted by Gasteiger charge is 2.37. The van der Waals surface area contributed by atoms with Gasteiger partial charge in [0.25, 0.3) is 0 Å². The quantitative estimate of drug-likeness (QED) is 0.921. The molecular formula is C13H17ClN2O3S. The van der Waals surface area contributed by atoms with E-state index in [1.54, 1.807) is 19.1 Å². The van der Waals surface area contributed by atoms with Crippen LogP contribution >= 0.6 is 11.6 Å². The summed E-state index contributed by atoms with van der Waals surface area (Å²) in [6, 6.07) is 3.96. The Morgan fingerprint density at radius 3 is 2.75 bits per heavy atom. The number of carbonyl (C=O) groups excluding carboxylic acids is 1. The smallest absolute Gasteiger partial charge is 0.244 e. The van der Waals surface area contributed by atoms with Crippen molar-refractivity contribution in [1.82, 2.24) is 4.31 Å². The fourth-order valence-electron chi connectivity index (χ4n) is 2.47. The average Bonchev–Trinajstić information content (AvgIpc) is 2.41. The van der Waals surface area contributed by atoms with Crippen LogP contribution in [0.3, 0.4) is 0 Å². The van der Waals surface area contributed by atoms with E-state index in [1.807, 2.05) is 0 Å². The molecule has 0 aromatic heterocycles. The summed E-state index contributed by atoms with van der Waals surface area (Å²) in [5.41, 5.74) is 5.82. The van der Waals surface area contributed by atoms with Gasteiger partial charge in [0.2, 0.25) is 15.9 Å². The van der Waals surface area contributed by atoms with Gasteiger partial charge in [-0.2, -0.15) is 4.31 Å². The van der Waals surface area contributed by atoms with Crippen LogP contribution in [0.4, 0.5) is 0 Å². The van der Waals surface area contributed by atoms with E-state index in [0.29, 0.717) is 23.6 Å². The molecule has 0 saturated carbocycles. The van der Waals surface area contributed by atoms with E-state index in [-0.39, 0.29) is 4.90 Å². The Labute approximate surface area is 123 Å². The minimum atomic E-state index is -3.76. The zero-order valence-corrected chi connectivity index (χ0v) is 12.7. The number of hydrogen-bond acceptors (Lipinski definition) is 3. The molecule has 2 rings (SSSR count).